The highest BCUT2D eigenvalue weighted by Gasteiger charge is 2.34. The summed E-state index contributed by atoms with van der Waals surface area (Å²) in [5.74, 6) is -0.255. The van der Waals surface area contributed by atoms with Gasteiger partial charge in [-0.1, -0.05) is 41.9 Å². The number of sulfonamides is 1. The number of hydrogen-bond acceptors (Lipinski definition) is 5. The third kappa shape index (κ3) is 3.98. The van der Waals surface area contributed by atoms with Gasteiger partial charge in [-0.2, -0.15) is 8.42 Å². The highest BCUT2D eigenvalue weighted by atomic mass is 35.5. The first-order valence-electron chi connectivity index (χ1n) is 7.27. The van der Waals surface area contributed by atoms with Crippen molar-refractivity contribution in [3.63, 3.8) is 0 Å². The lowest BCUT2D eigenvalue weighted by atomic mass is 10.2. The Kier molecular flexibility index (Phi) is 5.33. The molecular weight excluding hydrogens is 400 g/mol. The second-order valence-electron chi connectivity index (χ2n) is 4.98. The highest BCUT2D eigenvalue weighted by Crippen LogP contribution is 2.34. The van der Waals surface area contributed by atoms with Crippen LogP contribution in [0.2, 0.25) is 4.34 Å². The SMILES string of the molecule is CCN1C(=O)/C(=C/c2ccccc2)S/C1=N\S(=O)(=O)c1ccc(Cl)s1. The Labute approximate surface area is 159 Å². The van der Waals surface area contributed by atoms with E-state index < -0.39 is 10.0 Å². The molecule has 0 unspecified atom stereocenters. The first-order valence-corrected chi connectivity index (χ1v) is 10.7. The van der Waals surface area contributed by atoms with Gasteiger partial charge in [-0.25, -0.2) is 0 Å². The second kappa shape index (κ2) is 7.33. The summed E-state index contributed by atoms with van der Waals surface area (Å²) in [5.41, 5.74) is 0.864. The molecule has 1 fully saturated rings. The number of halogens is 1. The van der Waals surface area contributed by atoms with E-state index in [9.17, 15) is 13.2 Å². The number of rotatable bonds is 4. The number of hydrogen-bond donors (Lipinski definition) is 0. The van der Waals surface area contributed by atoms with Crippen molar-refractivity contribution in [3.05, 3.63) is 57.3 Å². The fourth-order valence-electron chi connectivity index (χ4n) is 2.14. The molecule has 1 saturated heterocycles. The average Bonchev–Trinajstić information content (AvgIpc) is 3.13. The summed E-state index contributed by atoms with van der Waals surface area (Å²) in [6, 6.07) is 12.3. The Morgan fingerprint density at radius 3 is 2.52 bits per heavy atom. The van der Waals surface area contributed by atoms with E-state index in [4.69, 9.17) is 11.6 Å². The molecule has 25 heavy (non-hydrogen) atoms. The third-order valence-electron chi connectivity index (χ3n) is 3.30. The van der Waals surface area contributed by atoms with Gasteiger partial charge in [-0.15, -0.1) is 15.7 Å². The summed E-state index contributed by atoms with van der Waals surface area (Å²) in [6.45, 7) is 2.10. The summed E-state index contributed by atoms with van der Waals surface area (Å²) in [7, 11) is -3.91. The lowest BCUT2D eigenvalue weighted by Crippen LogP contribution is -2.29. The molecule has 1 aromatic heterocycles. The van der Waals surface area contributed by atoms with Gasteiger partial charge >= 0.3 is 0 Å². The summed E-state index contributed by atoms with van der Waals surface area (Å²) in [4.78, 5) is 14.3. The van der Waals surface area contributed by atoms with Gasteiger partial charge in [0.2, 0.25) is 0 Å². The largest absolute Gasteiger partial charge is 0.294 e. The Balaban J connectivity index is 1.96. The van der Waals surface area contributed by atoms with Crippen LogP contribution in [0.25, 0.3) is 6.08 Å². The molecule has 130 valence electrons. The smallest absolute Gasteiger partial charge is 0.286 e. The molecule has 2 heterocycles. The quantitative estimate of drug-likeness (QED) is 0.709. The van der Waals surface area contributed by atoms with Crippen molar-refractivity contribution in [2.45, 2.75) is 11.1 Å². The van der Waals surface area contributed by atoms with Crippen LogP contribution in [0.15, 0.2) is 56.0 Å². The molecule has 0 saturated carbocycles. The molecule has 1 aliphatic heterocycles. The molecule has 1 aromatic carbocycles. The van der Waals surface area contributed by atoms with E-state index in [1.54, 1.807) is 13.0 Å². The minimum absolute atomic E-state index is 0.0505. The van der Waals surface area contributed by atoms with Gasteiger partial charge in [-0.05, 0) is 42.5 Å². The molecular formula is C16H13ClN2O3S3. The Hall–Kier alpha value is -1.61. The van der Waals surface area contributed by atoms with Crippen LogP contribution in [0.4, 0.5) is 0 Å². The maximum atomic E-state index is 12.5. The molecule has 1 aliphatic rings. The number of carbonyl (C=O) groups excluding carboxylic acids is 1. The van der Waals surface area contributed by atoms with Crippen molar-refractivity contribution >= 4 is 61.9 Å². The fourth-order valence-corrected chi connectivity index (χ4v) is 5.85. The molecule has 0 radical (unpaired) electrons. The first-order chi connectivity index (χ1) is 11.9. The van der Waals surface area contributed by atoms with E-state index in [2.05, 4.69) is 4.40 Å². The van der Waals surface area contributed by atoms with Crippen molar-refractivity contribution in [1.29, 1.82) is 0 Å². The molecule has 0 N–H and O–H groups in total. The van der Waals surface area contributed by atoms with E-state index in [-0.39, 0.29) is 15.3 Å². The topological polar surface area (TPSA) is 66.8 Å². The van der Waals surface area contributed by atoms with Crippen molar-refractivity contribution in [2.24, 2.45) is 4.40 Å². The van der Waals surface area contributed by atoms with Crippen LogP contribution in [-0.2, 0) is 14.8 Å². The Bertz CT molecular complexity index is 966. The van der Waals surface area contributed by atoms with Gasteiger partial charge in [-0.3, -0.25) is 9.69 Å². The van der Waals surface area contributed by atoms with Crippen LogP contribution < -0.4 is 0 Å². The van der Waals surface area contributed by atoms with Crippen LogP contribution in [-0.4, -0.2) is 30.9 Å². The van der Waals surface area contributed by atoms with Crippen LogP contribution in [0.3, 0.4) is 0 Å². The molecule has 0 aliphatic carbocycles. The lowest BCUT2D eigenvalue weighted by Gasteiger charge is -2.11. The predicted octanol–water partition coefficient (Wildman–Crippen LogP) is 4.08. The van der Waals surface area contributed by atoms with Crippen molar-refractivity contribution < 1.29 is 13.2 Å². The number of nitrogens with zero attached hydrogens (tertiary/aromatic N) is 2. The first kappa shape index (κ1) is 18.2. The standard InChI is InChI=1S/C16H13ClN2O3S3/c1-2-19-15(20)12(10-11-6-4-3-5-7-11)23-16(19)18-25(21,22)14-9-8-13(17)24-14/h3-10H,2H2,1H3/b12-10-,18-16-. The van der Waals surface area contributed by atoms with E-state index in [1.165, 1.54) is 17.0 Å². The zero-order chi connectivity index (χ0) is 18.0. The maximum Gasteiger partial charge on any atom is 0.294 e. The van der Waals surface area contributed by atoms with Crippen molar-refractivity contribution in [2.75, 3.05) is 6.54 Å². The zero-order valence-electron chi connectivity index (χ0n) is 13.0. The van der Waals surface area contributed by atoms with Gasteiger partial charge in [0.1, 0.15) is 4.21 Å². The summed E-state index contributed by atoms with van der Waals surface area (Å²) < 4.78 is 29.1. The number of likely N-dealkylation sites (N-methyl/N-ethyl adjacent to an activating group) is 1. The summed E-state index contributed by atoms with van der Waals surface area (Å²) >= 11 is 7.79. The molecule has 0 bridgehead atoms. The van der Waals surface area contributed by atoms with E-state index in [1.807, 2.05) is 30.3 Å². The number of amidine groups is 1. The molecule has 5 nitrogen and oxygen atoms in total. The van der Waals surface area contributed by atoms with Crippen LogP contribution in [0.1, 0.15) is 12.5 Å². The molecule has 1 amide bonds. The summed E-state index contributed by atoms with van der Waals surface area (Å²) in [6.07, 6.45) is 1.73. The minimum Gasteiger partial charge on any atom is -0.286 e. The maximum absolute atomic E-state index is 12.5. The molecule has 0 spiro atoms. The zero-order valence-corrected chi connectivity index (χ0v) is 16.3. The lowest BCUT2D eigenvalue weighted by molar-refractivity contribution is -0.122. The number of carbonyl (C=O) groups is 1. The van der Waals surface area contributed by atoms with Gasteiger partial charge < -0.3 is 0 Å². The van der Waals surface area contributed by atoms with E-state index in [0.29, 0.717) is 15.8 Å². The van der Waals surface area contributed by atoms with Crippen LogP contribution >= 0.6 is 34.7 Å². The number of thioether (sulfide) groups is 1. The fraction of sp³-hybridized carbons (Fsp3) is 0.125. The Morgan fingerprint density at radius 2 is 1.92 bits per heavy atom. The minimum atomic E-state index is -3.91. The highest BCUT2D eigenvalue weighted by molar-refractivity contribution is 8.19. The van der Waals surface area contributed by atoms with Gasteiger partial charge in [0.05, 0.1) is 9.24 Å². The van der Waals surface area contributed by atoms with E-state index in [0.717, 1.165) is 28.7 Å². The van der Waals surface area contributed by atoms with Gasteiger partial charge in [0.25, 0.3) is 15.9 Å². The van der Waals surface area contributed by atoms with Crippen molar-refractivity contribution in [1.82, 2.24) is 4.90 Å². The second-order valence-corrected chi connectivity index (χ2v) is 9.53. The average molecular weight is 413 g/mol. The number of amides is 1. The summed E-state index contributed by atoms with van der Waals surface area (Å²) in [5, 5.41) is 0.152. The van der Waals surface area contributed by atoms with Gasteiger partial charge in [0.15, 0.2) is 5.17 Å². The molecule has 0 atom stereocenters. The Morgan fingerprint density at radius 1 is 1.20 bits per heavy atom. The third-order valence-corrected chi connectivity index (χ3v) is 7.39. The molecule has 2 aromatic rings. The monoisotopic (exact) mass is 412 g/mol. The number of thiophene rings is 1. The van der Waals surface area contributed by atoms with Crippen LogP contribution in [0.5, 0.6) is 0 Å². The predicted molar refractivity (Wildman–Crippen MR) is 103 cm³/mol. The molecule has 9 heteroatoms. The molecule has 3 rings (SSSR count). The van der Waals surface area contributed by atoms with Crippen LogP contribution in [0, 0.1) is 0 Å². The van der Waals surface area contributed by atoms with Crippen molar-refractivity contribution in [3.8, 4) is 0 Å². The van der Waals surface area contributed by atoms with Gasteiger partial charge in [0, 0.05) is 6.54 Å². The van der Waals surface area contributed by atoms with E-state index >= 15 is 0 Å². The normalized spacial score (nSPS) is 18.5. The number of benzene rings is 1.